The van der Waals surface area contributed by atoms with Crippen LogP contribution in [0.1, 0.15) is 29.3 Å². The van der Waals surface area contributed by atoms with E-state index in [2.05, 4.69) is 5.10 Å². The van der Waals surface area contributed by atoms with Crippen LogP contribution in [0.15, 0.2) is 30.5 Å². The zero-order valence-corrected chi connectivity index (χ0v) is 10.6. The first-order valence-corrected chi connectivity index (χ1v) is 5.99. The minimum atomic E-state index is -0.778. The van der Waals surface area contributed by atoms with Gasteiger partial charge in [0.2, 0.25) is 0 Å². The maximum Gasteiger partial charge on any atom is 0.131 e. The molecule has 0 bridgehead atoms. The van der Waals surface area contributed by atoms with E-state index in [1.807, 2.05) is 13.1 Å². The Labute approximate surface area is 106 Å². The molecular formula is C14H17FN2O. The van der Waals surface area contributed by atoms with E-state index in [1.54, 1.807) is 36.0 Å². The molecule has 4 heteroatoms. The van der Waals surface area contributed by atoms with Crippen molar-refractivity contribution in [2.75, 3.05) is 0 Å². The summed E-state index contributed by atoms with van der Waals surface area (Å²) in [5, 5.41) is 14.1. The van der Waals surface area contributed by atoms with Crippen molar-refractivity contribution in [3.63, 3.8) is 0 Å². The number of aryl methyl sites for hydroxylation is 3. The third kappa shape index (κ3) is 2.59. The van der Waals surface area contributed by atoms with Gasteiger partial charge in [-0.1, -0.05) is 18.2 Å². The highest BCUT2D eigenvalue weighted by atomic mass is 19.1. The monoisotopic (exact) mass is 248 g/mol. The zero-order chi connectivity index (χ0) is 13.1. The molecule has 2 rings (SSSR count). The average Bonchev–Trinajstić information content (AvgIpc) is 2.75. The van der Waals surface area contributed by atoms with Crippen LogP contribution in [0.25, 0.3) is 0 Å². The minimum absolute atomic E-state index is 0.310. The van der Waals surface area contributed by atoms with E-state index in [4.69, 9.17) is 0 Å². The Kier molecular flexibility index (Phi) is 3.77. The van der Waals surface area contributed by atoms with Crippen LogP contribution < -0.4 is 0 Å². The molecule has 1 unspecified atom stereocenters. The maximum atomic E-state index is 13.8. The van der Waals surface area contributed by atoms with Gasteiger partial charge in [-0.25, -0.2) is 4.39 Å². The number of hydrogen-bond donors (Lipinski definition) is 1. The molecule has 18 heavy (non-hydrogen) atoms. The van der Waals surface area contributed by atoms with Crippen LogP contribution >= 0.6 is 0 Å². The average molecular weight is 248 g/mol. The smallest absolute Gasteiger partial charge is 0.131 e. The number of hydrogen-bond acceptors (Lipinski definition) is 2. The molecule has 0 saturated heterocycles. The van der Waals surface area contributed by atoms with Crippen molar-refractivity contribution >= 4 is 0 Å². The number of nitrogens with zero attached hydrogens (tertiary/aromatic N) is 2. The predicted octanol–water partition coefficient (Wildman–Crippen LogP) is 2.53. The third-order valence-electron chi connectivity index (χ3n) is 3.18. The van der Waals surface area contributed by atoms with Crippen LogP contribution in [0.2, 0.25) is 0 Å². The molecule has 0 saturated carbocycles. The van der Waals surface area contributed by atoms with E-state index in [9.17, 15) is 9.50 Å². The van der Waals surface area contributed by atoms with Gasteiger partial charge in [-0.15, -0.1) is 0 Å². The lowest BCUT2D eigenvalue weighted by atomic mass is 10.0. The van der Waals surface area contributed by atoms with Crippen LogP contribution in [0.5, 0.6) is 0 Å². The summed E-state index contributed by atoms with van der Waals surface area (Å²) in [7, 11) is 1.86. The molecule has 3 nitrogen and oxygen atoms in total. The lowest BCUT2D eigenvalue weighted by molar-refractivity contribution is 0.162. The number of aliphatic hydroxyl groups excluding tert-OH is 1. The van der Waals surface area contributed by atoms with Crippen molar-refractivity contribution in [3.8, 4) is 0 Å². The summed E-state index contributed by atoms with van der Waals surface area (Å²) in [4.78, 5) is 0. The Balaban J connectivity index is 2.06. The molecule has 0 amide bonds. The van der Waals surface area contributed by atoms with Crippen molar-refractivity contribution in [3.05, 3.63) is 53.1 Å². The molecular weight excluding hydrogens is 231 g/mol. The van der Waals surface area contributed by atoms with Gasteiger partial charge < -0.3 is 5.11 Å². The summed E-state index contributed by atoms with van der Waals surface area (Å²) in [5.41, 5.74) is 1.96. The number of benzene rings is 1. The van der Waals surface area contributed by atoms with Crippen LogP contribution in [-0.4, -0.2) is 14.9 Å². The third-order valence-corrected chi connectivity index (χ3v) is 3.18. The molecule has 0 fully saturated rings. The molecule has 1 aromatic carbocycles. The van der Waals surface area contributed by atoms with Gasteiger partial charge in [0.15, 0.2) is 0 Å². The highest BCUT2D eigenvalue weighted by Gasteiger charge is 2.14. The van der Waals surface area contributed by atoms with Gasteiger partial charge in [-0.2, -0.15) is 5.10 Å². The van der Waals surface area contributed by atoms with Gasteiger partial charge in [0.1, 0.15) is 5.82 Å². The fourth-order valence-electron chi connectivity index (χ4n) is 2.01. The van der Waals surface area contributed by atoms with Crippen molar-refractivity contribution in [2.24, 2.45) is 7.05 Å². The lowest BCUT2D eigenvalue weighted by Gasteiger charge is -2.13. The topological polar surface area (TPSA) is 38.1 Å². The van der Waals surface area contributed by atoms with Crippen LogP contribution in [0.3, 0.4) is 0 Å². The van der Waals surface area contributed by atoms with Gasteiger partial charge >= 0.3 is 0 Å². The Hall–Kier alpha value is -1.68. The Morgan fingerprint density at radius 1 is 1.39 bits per heavy atom. The van der Waals surface area contributed by atoms with Crippen LogP contribution in [0.4, 0.5) is 4.39 Å². The van der Waals surface area contributed by atoms with E-state index >= 15 is 0 Å². The fraction of sp³-hybridized carbons (Fsp3) is 0.357. The molecule has 0 aliphatic heterocycles. The van der Waals surface area contributed by atoms with Crippen molar-refractivity contribution in [1.82, 2.24) is 9.78 Å². The van der Waals surface area contributed by atoms with Crippen molar-refractivity contribution in [2.45, 2.75) is 25.9 Å². The van der Waals surface area contributed by atoms with Gasteiger partial charge in [0.05, 0.1) is 6.10 Å². The first kappa shape index (κ1) is 12.8. The largest absolute Gasteiger partial charge is 0.388 e. The second-order valence-corrected chi connectivity index (χ2v) is 4.48. The van der Waals surface area contributed by atoms with Crippen LogP contribution in [-0.2, 0) is 13.5 Å². The molecule has 1 N–H and O–H groups in total. The van der Waals surface area contributed by atoms with Crippen molar-refractivity contribution in [1.29, 1.82) is 0 Å². The number of rotatable bonds is 4. The quantitative estimate of drug-likeness (QED) is 0.903. The normalized spacial score (nSPS) is 12.7. The summed E-state index contributed by atoms with van der Waals surface area (Å²) in [6.45, 7) is 1.70. The molecule has 1 aromatic heterocycles. The molecule has 0 radical (unpaired) electrons. The number of halogens is 1. The summed E-state index contributed by atoms with van der Waals surface area (Å²) in [6.07, 6.45) is 2.10. The summed E-state index contributed by atoms with van der Waals surface area (Å²) >= 11 is 0. The van der Waals surface area contributed by atoms with Gasteiger partial charge in [-0.3, -0.25) is 4.68 Å². The molecule has 0 spiro atoms. The van der Waals surface area contributed by atoms with E-state index in [1.165, 1.54) is 0 Å². The number of aliphatic hydroxyl groups is 1. The zero-order valence-electron chi connectivity index (χ0n) is 10.6. The first-order valence-electron chi connectivity index (χ1n) is 5.99. The Bertz CT molecular complexity index is 536. The second-order valence-electron chi connectivity index (χ2n) is 4.48. The molecule has 0 aliphatic carbocycles. The molecule has 96 valence electrons. The van der Waals surface area contributed by atoms with E-state index < -0.39 is 6.10 Å². The van der Waals surface area contributed by atoms with Crippen molar-refractivity contribution < 1.29 is 9.50 Å². The summed E-state index contributed by atoms with van der Waals surface area (Å²) in [6, 6.07) is 7.00. The van der Waals surface area contributed by atoms with Gasteiger partial charge in [0.25, 0.3) is 0 Å². The van der Waals surface area contributed by atoms with E-state index in [0.29, 0.717) is 24.0 Å². The SMILES string of the molecule is Cc1cccc(C(O)CCc2ccnn2C)c1F. The van der Waals surface area contributed by atoms with E-state index in [0.717, 1.165) is 5.69 Å². The summed E-state index contributed by atoms with van der Waals surface area (Å²) in [5.74, 6) is -0.310. The highest BCUT2D eigenvalue weighted by molar-refractivity contribution is 5.26. The molecule has 0 aliphatic rings. The lowest BCUT2D eigenvalue weighted by Crippen LogP contribution is -2.06. The fourth-order valence-corrected chi connectivity index (χ4v) is 2.01. The first-order chi connectivity index (χ1) is 8.59. The maximum absolute atomic E-state index is 13.8. The highest BCUT2D eigenvalue weighted by Crippen LogP contribution is 2.23. The summed E-state index contributed by atoms with van der Waals surface area (Å²) < 4.78 is 15.6. The van der Waals surface area contributed by atoms with Gasteiger partial charge in [0, 0.05) is 24.5 Å². The molecule has 1 atom stereocenters. The molecule has 2 aromatic rings. The second kappa shape index (κ2) is 5.31. The van der Waals surface area contributed by atoms with Crippen LogP contribution in [0, 0.1) is 12.7 Å². The van der Waals surface area contributed by atoms with Gasteiger partial charge in [-0.05, 0) is 31.4 Å². The minimum Gasteiger partial charge on any atom is -0.388 e. The number of aromatic nitrogens is 2. The van der Waals surface area contributed by atoms with E-state index in [-0.39, 0.29) is 5.82 Å². The Morgan fingerprint density at radius 3 is 2.83 bits per heavy atom. The standard InChI is InChI=1S/C14H17FN2O/c1-10-4-3-5-12(14(10)15)13(18)7-6-11-8-9-16-17(11)2/h3-5,8-9,13,18H,6-7H2,1-2H3. The molecule has 1 heterocycles. The predicted molar refractivity (Wildman–Crippen MR) is 67.6 cm³/mol. The Morgan fingerprint density at radius 2 is 2.17 bits per heavy atom.